The van der Waals surface area contributed by atoms with E-state index in [0.29, 0.717) is 12.8 Å². The molecule has 1 aliphatic rings. The summed E-state index contributed by atoms with van der Waals surface area (Å²) in [4.78, 5) is 11.7. The maximum atomic E-state index is 12.3. The largest absolute Gasteiger partial charge is 0.466 e. The van der Waals surface area contributed by atoms with Gasteiger partial charge in [0, 0.05) is 14.2 Å². The van der Waals surface area contributed by atoms with Crippen molar-refractivity contribution < 1.29 is 28.3 Å². The van der Waals surface area contributed by atoms with E-state index < -0.39 is 24.8 Å². The molecule has 0 amide bonds. The van der Waals surface area contributed by atoms with Gasteiger partial charge in [0.05, 0.1) is 12.5 Å². The van der Waals surface area contributed by atoms with E-state index in [1.165, 1.54) is 14.2 Å². The van der Waals surface area contributed by atoms with Gasteiger partial charge in [-0.1, -0.05) is 0 Å². The van der Waals surface area contributed by atoms with E-state index in [0.717, 1.165) is 0 Å². The first kappa shape index (κ1) is 14.6. The Morgan fingerprint density at radius 2 is 2.06 bits per heavy atom. The molecule has 0 radical (unpaired) electrons. The first-order chi connectivity index (χ1) is 7.95. The highest BCUT2D eigenvalue weighted by Crippen LogP contribution is 2.65. The van der Waals surface area contributed by atoms with Gasteiger partial charge in [-0.3, -0.25) is 9.36 Å². The zero-order chi connectivity index (χ0) is 13.1. The molecule has 1 rings (SSSR count). The summed E-state index contributed by atoms with van der Waals surface area (Å²) in [6, 6.07) is 0. The number of hydrogen-bond donors (Lipinski definition) is 1. The summed E-state index contributed by atoms with van der Waals surface area (Å²) in [5.74, 6) is -1.41. The molecule has 1 aliphatic carbocycles. The third-order valence-corrected chi connectivity index (χ3v) is 5.57. The van der Waals surface area contributed by atoms with Crippen molar-refractivity contribution in [1.82, 2.24) is 0 Å². The number of aliphatic hydroxyl groups is 1. The Balaban J connectivity index is 3.00. The minimum absolute atomic E-state index is 0.204. The first-order valence-corrected chi connectivity index (χ1v) is 7.10. The molecule has 0 spiro atoms. The zero-order valence-electron chi connectivity index (χ0n) is 10.3. The fourth-order valence-corrected chi connectivity index (χ4v) is 4.07. The molecule has 7 heteroatoms. The summed E-state index contributed by atoms with van der Waals surface area (Å²) in [5, 5.41) is 8.68. The van der Waals surface area contributed by atoms with Gasteiger partial charge in [-0.05, 0) is 26.2 Å². The monoisotopic (exact) mass is 266 g/mol. The number of ether oxygens (including phenoxy) is 1. The molecule has 100 valence electrons. The summed E-state index contributed by atoms with van der Waals surface area (Å²) in [6.07, 6.45) is 1.21. The zero-order valence-corrected chi connectivity index (χ0v) is 11.2. The molecule has 0 aliphatic heterocycles. The van der Waals surface area contributed by atoms with Crippen LogP contribution in [-0.2, 0) is 23.1 Å². The molecular weight excluding hydrogens is 247 g/mol. The van der Waals surface area contributed by atoms with Gasteiger partial charge < -0.3 is 18.9 Å². The van der Waals surface area contributed by atoms with E-state index in [9.17, 15) is 14.5 Å². The molecule has 6 nitrogen and oxygen atoms in total. The van der Waals surface area contributed by atoms with Crippen molar-refractivity contribution in [2.45, 2.75) is 31.5 Å². The van der Waals surface area contributed by atoms with Crippen LogP contribution in [-0.4, -0.2) is 37.2 Å². The van der Waals surface area contributed by atoms with Crippen molar-refractivity contribution in [3.63, 3.8) is 0 Å². The summed E-state index contributed by atoms with van der Waals surface area (Å²) in [6.45, 7) is 1.90. The topological polar surface area (TPSA) is 82.1 Å². The minimum atomic E-state index is -3.72. The average Bonchev–Trinajstić information content (AvgIpc) is 2.72. The molecule has 0 saturated heterocycles. The molecule has 0 bridgehead atoms. The van der Waals surface area contributed by atoms with Gasteiger partial charge in [-0.25, -0.2) is 0 Å². The summed E-state index contributed by atoms with van der Waals surface area (Å²) >= 11 is 0. The normalized spacial score (nSPS) is 29.3. The number of hydrogen-bond acceptors (Lipinski definition) is 6. The third kappa shape index (κ3) is 2.40. The number of esters is 1. The molecule has 0 aromatic carbocycles. The Hall–Kier alpha value is -0.420. The lowest BCUT2D eigenvalue weighted by Gasteiger charge is -2.33. The lowest BCUT2D eigenvalue weighted by Crippen LogP contribution is -2.39. The smallest absolute Gasteiger partial charge is 0.362 e. The Morgan fingerprint density at radius 3 is 2.53 bits per heavy atom. The van der Waals surface area contributed by atoms with Gasteiger partial charge >= 0.3 is 13.6 Å². The Bertz CT molecular complexity index is 323. The molecule has 1 N–H and O–H groups in total. The summed E-state index contributed by atoms with van der Waals surface area (Å²) in [7, 11) is -1.33. The van der Waals surface area contributed by atoms with Crippen LogP contribution >= 0.6 is 7.60 Å². The van der Waals surface area contributed by atoms with Gasteiger partial charge in [0.1, 0.15) is 0 Å². The molecule has 0 aromatic heterocycles. The van der Waals surface area contributed by atoms with E-state index in [2.05, 4.69) is 0 Å². The molecule has 1 saturated carbocycles. The van der Waals surface area contributed by atoms with Gasteiger partial charge in [0.2, 0.25) is 0 Å². The lowest BCUT2D eigenvalue weighted by atomic mass is 10.1. The SMILES string of the molecule is CCOC(=O)C1CCCC1(O)P(=O)(OC)OC. The van der Waals surface area contributed by atoms with Crippen molar-refractivity contribution >= 4 is 13.6 Å². The molecule has 17 heavy (non-hydrogen) atoms. The van der Waals surface area contributed by atoms with E-state index in [-0.39, 0.29) is 13.0 Å². The average molecular weight is 266 g/mol. The Labute approximate surface area is 101 Å². The Kier molecular flexibility index (Phi) is 4.72. The van der Waals surface area contributed by atoms with Crippen molar-refractivity contribution in [2.75, 3.05) is 20.8 Å². The van der Waals surface area contributed by atoms with Gasteiger partial charge in [-0.2, -0.15) is 0 Å². The lowest BCUT2D eigenvalue weighted by molar-refractivity contribution is -0.153. The second-order valence-electron chi connectivity index (χ2n) is 3.94. The van der Waals surface area contributed by atoms with Crippen LogP contribution in [0.3, 0.4) is 0 Å². The molecule has 2 atom stereocenters. The second kappa shape index (κ2) is 5.48. The highest BCUT2D eigenvalue weighted by Gasteiger charge is 2.59. The standard InChI is InChI=1S/C10H19O6P/c1-4-16-9(11)8-6-5-7-10(8,12)17(13,14-2)15-3/h8,12H,4-7H2,1-3H3. The fraction of sp³-hybridized carbons (Fsp3) is 0.900. The number of carbonyl (C=O) groups excluding carboxylic acids is 1. The van der Waals surface area contributed by atoms with Gasteiger partial charge in [-0.15, -0.1) is 0 Å². The maximum Gasteiger partial charge on any atom is 0.362 e. The molecule has 0 aromatic rings. The van der Waals surface area contributed by atoms with Crippen LogP contribution < -0.4 is 0 Å². The fourth-order valence-electron chi connectivity index (χ4n) is 2.24. The van der Waals surface area contributed by atoms with Crippen LogP contribution in [0.15, 0.2) is 0 Å². The third-order valence-electron chi connectivity index (χ3n) is 3.12. The van der Waals surface area contributed by atoms with E-state index >= 15 is 0 Å². The first-order valence-electron chi connectivity index (χ1n) is 5.55. The molecule has 1 fully saturated rings. The minimum Gasteiger partial charge on any atom is -0.466 e. The van der Waals surface area contributed by atoms with Crippen molar-refractivity contribution in [3.05, 3.63) is 0 Å². The predicted molar refractivity (Wildman–Crippen MR) is 60.5 cm³/mol. The molecular formula is C10H19O6P. The van der Waals surface area contributed by atoms with E-state index in [1.54, 1.807) is 6.92 Å². The van der Waals surface area contributed by atoms with Crippen LogP contribution in [0.25, 0.3) is 0 Å². The van der Waals surface area contributed by atoms with Crippen molar-refractivity contribution in [3.8, 4) is 0 Å². The van der Waals surface area contributed by atoms with Crippen molar-refractivity contribution in [2.24, 2.45) is 5.92 Å². The Morgan fingerprint density at radius 1 is 1.47 bits per heavy atom. The van der Waals surface area contributed by atoms with Crippen LogP contribution in [0.1, 0.15) is 26.2 Å². The summed E-state index contributed by atoms with van der Waals surface area (Å²) in [5.41, 5.74) is 0. The van der Waals surface area contributed by atoms with Crippen LogP contribution in [0, 0.1) is 5.92 Å². The van der Waals surface area contributed by atoms with Crippen molar-refractivity contribution in [1.29, 1.82) is 0 Å². The van der Waals surface area contributed by atoms with Crippen LogP contribution in [0.2, 0.25) is 0 Å². The highest BCUT2D eigenvalue weighted by atomic mass is 31.2. The number of rotatable bonds is 5. The summed E-state index contributed by atoms with van der Waals surface area (Å²) < 4.78 is 26.8. The van der Waals surface area contributed by atoms with E-state index in [4.69, 9.17) is 13.8 Å². The molecule has 0 heterocycles. The predicted octanol–water partition coefficient (Wildman–Crippen LogP) is 1.52. The van der Waals surface area contributed by atoms with E-state index in [1.807, 2.05) is 0 Å². The van der Waals surface area contributed by atoms with Crippen LogP contribution in [0.5, 0.6) is 0 Å². The quantitative estimate of drug-likeness (QED) is 0.600. The van der Waals surface area contributed by atoms with Crippen LogP contribution in [0.4, 0.5) is 0 Å². The molecule has 2 unspecified atom stereocenters. The van der Waals surface area contributed by atoms with Gasteiger partial charge in [0.15, 0.2) is 5.34 Å². The highest BCUT2D eigenvalue weighted by molar-refractivity contribution is 7.55. The number of carbonyl (C=O) groups is 1. The van der Waals surface area contributed by atoms with Gasteiger partial charge in [0.25, 0.3) is 0 Å². The maximum absolute atomic E-state index is 12.3. The second-order valence-corrected chi connectivity index (χ2v) is 6.44.